The molecule has 2 amide bonds. The molecule has 29 heavy (non-hydrogen) atoms. The van der Waals surface area contributed by atoms with Crippen molar-refractivity contribution in [2.45, 2.75) is 51.0 Å². The third-order valence-electron chi connectivity index (χ3n) is 6.96. The van der Waals surface area contributed by atoms with Crippen molar-refractivity contribution in [1.82, 2.24) is 20.1 Å². The summed E-state index contributed by atoms with van der Waals surface area (Å²) in [6.07, 6.45) is 12.8. The predicted octanol–water partition coefficient (Wildman–Crippen LogP) is 2.62. The van der Waals surface area contributed by atoms with Gasteiger partial charge in [-0.05, 0) is 70.7 Å². The van der Waals surface area contributed by atoms with Crippen LogP contribution in [-0.2, 0) is 4.79 Å². The van der Waals surface area contributed by atoms with E-state index in [-0.39, 0.29) is 17.9 Å². The van der Waals surface area contributed by atoms with E-state index in [1.807, 2.05) is 4.90 Å². The molecule has 3 heterocycles. The van der Waals surface area contributed by atoms with Crippen LogP contribution in [0.3, 0.4) is 0 Å². The Morgan fingerprint density at radius 3 is 2.76 bits per heavy atom. The fourth-order valence-corrected chi connectivity index (χ4v) is 5.24. The number of amides is 2. The van der Waals surface area contributed by atoms with Crippen molar-refractivity contribution in [3.05, 3.63) is 41.7 Å². The van der Waals surface area contributed by atoms with Crippen LogP contribution in [0.15, 0.2) is 36.2 Å². The predicted molar refractivity (Wildman–Crippen MR) is 112 cm³/mol. The summed E-state index contributed by atoms with van der Waals surface area (Å²) in [5.74, 6) is 0.147. The molecule has 0 radical (unpaired) electrons. The summed E-state index contributed by atoms with van der Waals surface area (Å²) in [4.78, 5) is 35.0. The smallest absolute Gasteiger partial charge is 0.254 e. The van der Waals surface area contributed by atoms with E-state index in [9.17, 15) is 9.59 Å². The Hall–Kier alpha value is -2.21. The van der Waals surface area contributed by atoms with Gasteiger partial charge in [0.05, 0.1) is 11.5 Å². The Morgan fingerprint density at radius 2 is 2.00 bits per heavy atom. The van der Waals surface area contributed by atoms with Crippen molar-refractivity contribution in [1.29, 1.82) is 0 Å². The minimum Gasteiger partial charge on any atom is -0.352 e. The third-order valence-corrected chi connectivity index (χ3v) is 6.96. The molecule has 0 spiro atoms. The minimum absolute atomic E-state index is 0.0135. The van der Waals surface area contributed by atoms with Crippen LogP contribution in [0.25, 0.3) is 0 Å². The Balaban J connectivity index is 1.55. The lowest BCUT2D eigenvalue weighted by molar-refractivity contribution is -0.142. The van der Waals surface area contributed by atoms with Crippen molar-refractivity contribution in [3.63, 3.8) is 0 Å². The Labute approximate surface area is 173 Å². The monoisotopic (exact) mass is 396 g/mol. The van der Waals surface area contributed by atoms with Crippen LogP contribution in [0, 0.1) is 5.41 Å². The molecule has 2 saturated heterocycles. The first-order chi connectivity index (χ1) is 14.1. The van der Waals surface area contributed by atoms with Crippen molar-refractivity contribution in [3.8, 4) is 0 Å². The number of aromatic nitrogens is 1. The maximum Gasteiger partial charge on any atom is 0.254 e. The summed E-state index contributed by atoms with van der Waals surface area (Å²) in [5.41, 5.74) is 1.52. The maximum absolute atomic E-state index is 13.5. The molecule has 6 heteroatoms. The number of hydrogen-bond acceptors (Lipinski definition) is 4. The van der Waals surface area contributed by atoms with Crippen LogP contribution in [0.4, 0.5) is 0 Å². The first kappa shape index (κ1) is 20.1. The van der Waals surface area contributed by atoms with Crippen LogP contribution in [0.5, 0.6) is 0 Å². The van der Waals surface area contributed by atoms with Gasteiger partial charge >= 0.3 is 0 Å². The molecule has 0 saturated carbocycles. The molecule has 4 rings (SSSR count). The van der Waals surface area contributed by atoms with E-state index in [0.717, 1.165) is 45.2 Å². The zero-order valence-electron chi connectivity index (χ0n) is 17.4. The normalized spacial score (nSPS) is 27.7. The Morgan fingerprint density at radius 1 is 1.17 bits per heavy atom. The van der Waals surface area contributed by atoms with Crippen molar-refractivity contribution >= 4 is 11.8 Å². The maximum atomic E-state index is 13.5. The molecule has 1 aromatic rings. The van der Waals surface area contributed by atoms with Crippen LogP contribution < -0.4 is 5.32 Å². The van der Waals surface area contributed by atoms with Crippen molar-refractivity contribution in [2.24, 2.45) is 5.41 Å². The number of pyridine rings is 1. The van der Waals surface area contributed by atoms with E-state index in [1.165, 1.54) is 18.4 Å². The second kappa shape index (κ2) is 8.66. The minimum atomic E-state index is -0.483. The Bertz CT molecular complexity index is 778. The fourth-order valence-electron chi connectivity index (χ4n) is 5.24. The molecule has 2 fully saturated rings. The summed E-state index contributed by atoms with van der Waals surface area (Å²) in [6, 6.07) is 3.44. The lowest BCUT2D eigenvalue weighted by Gasteiger charge is -2.53. The average Bonchev–Trinajstić information content (AvgIpc) is 2.78. The summed E-state index contributed by atoms with van der Waals surface area (Å²) >= 11 is 0. The van der Waals surface area contributed by atoms with Crippen LogP contribution in [0.2, 0.25) is 0 Å². The number of carbonyl (C=O) groups excluding carboxylic acids is 2. The number of piperidine rings is 2. The van der Waals surface area contributed by atoms with Gasteiger partial charge in [-0.1, -0.05) is 11.6 Å². The highest BCUT2D eigenvalue weighted by Crippen LogP contribution is 2.43. The molecule has 1 aliphatic carbocycles. The zero-order chi connectivity index (χ0) is 20.3. The number of hydrogen-bond donors (Lipinski definition) is 1. The van der Waals surface area contributed by atoms with Gasteiger partial charge in [0.2, 0.25) is 5.91 Å². The number of likely N-dealkylation sites (N-methyl/N-ethyl adjacent to an activating group) is 1. The largest absolute Gasteiger partial charge is 0.352 e. The summed E-state index contributed by atoms with van der Waals surface area (Å²) < 4.78 is 0. The molecule has 6 nitrogen and oxygen atoms in total. The summed E-state index contributed by atoms with van der Waals surface area (Å²) in [6.45, 7) is 3.00. The molecule has 0 aromatic carbocycles. The molecule has 0 unspecified atom stereocenters. The van der Waals surface area contributed by atoms with E-state index in [0.29, 0.717) is 18.7 Å². The van der Waals surface area contributed by atoms with Crippen LogP contribution in [-0.4, -0.2) is 65.9 Å². The summed E-state index contributed by atoms with van der Waals surface area (Å²) in [5, 5.41) is 3.25. The van der Waals surface area contributed by atoms with Gasteiger partial charge < -0.3 is 15.1 Å². The van der Waals surface area contributed by atoms with Gasteiger partial charge in [-0.2, -0.15) is 0 Å². The lowest BCUT2D eigenvalue weighted by Crippen LogP contribution is -2.66. The molecule has 156 valence electrons. The standard InChI is InChI=1S/C23H32N4O2/c1-26-15-11-23(22(29)25-16-18-6-3-2-4-7-18)10-5-14-27(20(23)17-26)21(28)19-8-12-24-13-9-19/h6,8-9,12-13,20H,2-5,7,10-11,14-17H2,1H3,(H,25,29)/t20-,23+/m0/s1. The van der Waals surface area contributed by atoms with Crippen molar-refractivity contribution in [2.75, 3.05) is 33.2 Å². The van der Waals surface area contributed by atoms with Gasteiger partial charge in [0.1, 0.15) is 0 Å². The van der Waals surface area contributed by atoms with E-state index in [4.69, 9.17) is 0 Å². The van der Waals surface area contributed by atoms with Gasteiger partial charge in [0, 0.05) is 37.6 Å². The second-order valence-electron chi connectivity index (χ2n) is 8.81. The van der Waals surface area contributed by atoms with E-state index >= 15 is 0 Å². The molecular weight excluding hydrogens is 364 g/mol. The molecule has 2 aliphatic heterocycles. The molecule has 2 atom stereocenters. The second-order valence-corrected chi connectivity index (χ2v) is 8.81. The lowest BCUT2D eigenvalue weighted by atomic mass is 9.67. The first-order valence-electron chi connectivity index (χ1n) is 11.0. The van der Waals surface area contributed by atoms with Crippen LogP contribution in [0.1, 0.15) is 55.3 Å². The van der Waals surface area contributed by atoms with Crippen LogP contribution >= 0.6 is 0 Å². The number of nitrogens with one attached hydrogen (secondary N) is 1. The van der Waals surface area contributed by atoms with Crippen molar-refractivity contribution < 1.29 is 9.59 Å². The third kappa shape index (κ3) is 4.08. The number of fused-ring (bicyclic) bond motifs is 1. The SMILES string of the molecule is CN1CC[C@]2(C(=O)NCC3=CCCCC3)CCCN(C(=O)c3ccncc3)[C@H]2C1. The highest BCUT2D eigenvalue weighted by Gasteiger charge is 2.53. The fraction of sp³-hybridized carbons (Fsp3) is 0.609. The molecular formula is C23H32N4O2. The van der Waals surface area contributed by atoms with E-state index < -0.39 is 5.41 Å². The molecule has 0 bridgehead atoms. The number of allylic oxidation sites excluding steroid dienone is 1. The average molecular weight is 397 g/mol. The number of likely N-dealkylation sites (tertiary alicyclic amines) is 2. The number of nitrogens with zero attached hydrogens (tertiary/aromatic N) is 3. The van der Waals surface area contributed by atoms with Gasteiger partial charge in [-0.3, -0.25) is 14.6 Å². The van der Waals surface area contributed by atoms with Gasteiger partial charge in [0.15, 0.2) is 0 Å². The quantitative estimate of drug-likeness (QED) is 0.795. The van der Waals surface area contributed by atoms with E-state index in [1.54, 1.807) is 24.5 Å². The first-order valence-corrected chi connectivity index (χ1v) is 11.0. The molecule has 1 N–H and O–H groups in total. The van der Waals surface area contributed by atoms with Gasteiger partial charge in [0.25, 0.3) is 5.91 Å². The van der Waals surface area contributed by atoms with Gasteiger partial charge in [-0.15, -0.1) is 0 Å². The highest BCUT2D eigenvalue weighted by molar-refractivity contribution is 5.95. The highest BCUT2D eigenvalue weighted by atomic mass is 16.2. The summed E-state index contributed by atoms with van der Waals surface area (Å²) in [7, 11) is 2.08. The van der Waals surface area contributed by atoms with Gasteiger partial charge in [-0.25, -0.2) is 0 Å². The molecule has 3 aliphatic rings. The number of carbonyl (C=O) groups is 2. The molecule has 1 aromatic heterocycles. The van der Waals surface area contributed by atoms with E-state index in [2.05, 4.69) is 28.3 Å². The zero-order valence-corrected chi connectivity index (χ0v) is 17.4. The topological polar surface area (TPSA) is 65.5 Å². The number of rotatable bonds is 4. The Kier molecular flexibility index (Phi) is 5.99.